The number of aryl methyl sites for hydroxylation is 1. The van der Waals surface area contributed by atoms with E-state index in [2.05, 4.69) is 36.7 Å². The molecule has 0 fully saturated rings. The van der Waals surface area contributed by atoms with Gasteiger partial charge in [0.2, 0.25) is 0 Å². The summed E-state index contributed by atoms with van der Waals surface area (Å²) in [4.78, 5) is 4.23. The van der Waals surface area contributed by atoms with Crippen molar-refractivity contribution >= 4 is 21.9 Å². The van der Waals surface area contributed by atoms with Crippen LogP contribution in [0.15, 0.2) is 33.9 Å². The van der Waals surface area contributed by atoms with E-state index in [0.29, 0.717) is 30.5 Å². The van der Waals surface area contributed by atoms with E-state index in [0.717, 1.165) is 15.7 Å². The van der Waals surface area contributed by atoms with E-state index in [1.165, 1.54) is 0 Å². The smallest absolute Gasteiger partial charge is 0.191 e. The molecular formula is C16H22BrN5O2. The van der Waals surface area contributed by atoms with Gasteiger partial charge in [0, 0.05) is 31.3 Å². The van der Waals surface area contributed by atoms with Crippen LogP contribution in [-0.2, 0) is 20.1 Å². The number of hydrogen-bond acceptors (Lipinski definition) is 4. The zero-order chi connectivity index (χ0) is 17.5. The lowest BCUT2D eigenvalue weighted by Gasteiger charge is -2.15. The summed E-state index contributed by atoms with van der Waals surface area (Å²) in [6, 6.07) is 5.79. The SMILES string of the molecule is CN=C(NCc1cc(OC)c(OC)cc1Br)NCc1ccnn1C. The molecule has 130 valence electrons. The third kappa shape index (κ3) is 4.41. The topological polar surface area (TPSA) is 72.7 Å². The highest BCUT2D eigenvalue weighted by Crippen LogP contribution is 2.33. The minimum absolute atomic E-state index is 0.589. The highest BCUT2D eigenvalue weighted by atomic mass is 79.9. The van der Waals surface area contributed by atoms with E-state index in [1.54, 1.807) is 27.5 Å². The van der Waals surface area contributed by atoms with Crippen molar-refractivity contribution in [2.75, 3.05) is 21.3 Å². The fourth-order valence-electron chi connectivity index (χ4n) is 2.18. The minimum Gasteiger partial charge on any atom is -0.493 e. The van der Waals surface area contributed by atoms with Crippen LogP contribution >= 0.6 is 15.9 Å². The number of rotatable bonds is 6. The molecule has 0 unspecified atom stereocenters. The van der Waals surface area contributed by atoms with E-state index in [9.17, 15) is 0 Å². The summed E-state index contributed by atoms with van der Waals surface area (Å²) >= 11 is 3.56. The fourth-order valence-corrected chi connectivity index (χ4v) is 2.64. The van der Waals surface area contributed by atoms with Crippen LogP contribution < -0.4 is 20.1 Å². The molecule has 0 aliphatic heterocycles. The molecule has 0 bridgehead atoms. The van der Waals surface area contributed by atoms with Gasteiger partial charge in [0.05, 0.1) is 26.5 Å². The molecule has 24 heavy (non-hydrogen) atoms. The molecular weight excluding hydrogens is 374 g/mol. The van der Waals surface area contributed by atoms with Gasteiger partial charge in [0.25, 0.3) is 0 Å². The molecule has 1 aromatic heterocycles. The maximum Gasteiger partial charge on any atom is 0.191 e. The number of halogens is 1. The van der Waals surface area contributed by atoms with Crippen molar-refractivity contribution in [2.45, 2.75) is 13.1 Å². The Bertz CT molecular complexity index is 714. The number of nitrogens with one attached hydrogen (secondary N) is 2. The first kappa shape index (κ1) is 18.1. The fraction of sp³-hybridized carbons (Fsp3) is 0.375. The number of methoxy groups -OCH3 is 2. The van der Waals surface area contributed by atoms with Crippen molar-refractivity contribution in [3.63, 3.8) is 0 Å². The highest BCUT2D eigenvalue weighted by molar-refractivity contribution is 9.10. The Morgan fingerprint density at radius 2 is 1.88 bits per heavy atom. The van der Waals surface area contributed by atoms with Crippen molar-refractivity contribution in [1.82, 2.24) is 20.4 Å². The van der Waals surface area contributed by atoms with E-state index in [4.69, 9.17) is 9.47 Å². The Balaban J connectivity index is 1.99. The van der Waals surface area contributed by atoms with Gasteiger partial charge in [-0.25, -0.2) is 0 Å². The van der Waals surface area contributed by atoms with Crippen molar-refractivity contribution < 1.29 is 9.47 Å². The van der Waals surface area contributed by atoms with Gasteiger partial charge in [-0.3, -0.25) is 9.67 Å². The van der Waals surface area contributed by atoms with Crippen molar-refractivity contribution in [3.8, 4) is 11.5 Å². The van der Waals surface area contributed by atoms with Gasteiger partial charge in [-0.15, -0.1) is 0 Å². The molecule has 0 aliphatic rings. The van der Waals surface area contributed by atoms with Crippen LogP contribution in [0.5, 0.6) is 11.5 Å². The summed E-state index contributed by atoms with van der Waals surface area (Å²) in [6.45, 7) is 1.23. The van der Waals surface area contributed by atoms with Crippen LogP contribution in [-0.4, -0.2) is 37.0 Å². The molecule has 0 radical (unpaired) electrons. The summed E-state index contributed by atoms with van der Waals surface area (Å²) in [5.74, 6) is 2.08. The molecule has 1 heterocycles. The molecule has 2 N–H and O–H groups in total. The zero-order valence-electron chi connectivity index (χ0n) is 14.3. The van der Waals surface area contributed by atoms with Crippen LogP contribution in [0.3, 0.4) is 0 Å². The number of aliphatic imine (C=N–C) groups is 1. The first-order chi connectivity index (χ1) is 11.6. The van der Waals surface area contributed by atoms with Gasteiger partial charge in [-0.1, -0.05) is 15.9 Å². The van der Waals surface area contributed by atoms with Gasteiger partial charge >= 0.3 is 0 Å². The molecule has 1 aromatic carbocycles. The molecule has 0 atom stereocenters. The van der Waals surface area contributed by atoms with Crippen molar-refractivity contribution in [2.24, 2.45) is 12.0 Å². The number of ether oxygens (including phenoxy) is 2. The Kier molecular flexibility index (Phi) is 6.48. The Hall–Kier alpha value is -2.22. The maximum atomic E-state index is 5.35. The Morgan fingerprint density at radius 1 is 1.21 bits per heavy atom. The molecule has 7 nitrogen and oxygen atoms in total. The summed E-state index contributed by atoms with van der Waals surface area (Å²) in [5.41, 5.74) is 2.11. The van der Waals surface area contributed by atoms with Gasteiger partial charge in [-0.2, -0.15) is 5.10 Å². The number of guanidine groups is 1. The standard InChI is InChI=1S/C16H22BrN5O2/c1-18-16(20-10-12-5-6-21-22(12)2)19-9-11-7-14(23-3)15(24-4)8-13(11)17/h5-8H,9-10H2,1-4H3,(H2,18,19,20). The molecule has 8 heteroatoms. The molecule has 0 saturated heterocycles. The molecule has 2 aromatic rings. The van der Waals surface area contributed by atoms with E-state index in [1.807, 2.05) is 29.9 Å². The van der Waals surface area contributed by atoms with Gasteiger partial charge in [-0.05, 0) is 23.8 Å². The van der Waals surface area contributed by atoms with Crippen molar-refractivity contribution in [1.29, 1.82) is 0 Å². The Morgan fingerprint density at radius 3 is 2.46 bits per heavy atom. The predicted octanol–water partition coefficient (Wildman–Crippen LogP) is 2.06. The average molecular weight is 396 g/mol. The van der Waals surface area contributed by atoms with Gasteiger partial charge < -0.3 is 20.1 Å². The second-order valence-electron chi connectivity index (χ2n) is 5.02. The lowest BCUT2D eigenvalue weighted by Crippen LogP contribution is -2.36. The predicted molar refractivity (Wildman–Crippen MR) is 97.5 cm³/mol. The minimum atomic E-state index is 0.589. The molecule has 0 aliphatic carbocycles. The number of nitrogens with zero attached hydrogens (tertiary/aromatic N) is 3. The number of aromatic nitrogens is 2. The third-order valence-corrected chi connectivity index (χ3v) is 4.32. The van der Waals surface area contributed by atoms with Gasteiger partial charge in [0.1, 0.15) is 0 Å². The van der Waals surface area contributed by atoms with Crippen LogP contribution in [0.1, 0.15) is 11.3 Å². The number of hydrogen-bond donors (Lipinski definition) is 2. The third-order valence-electron chi connectivity index (χ3n) is 3.58. The first-order valence-corrected chi connectivity index (χ1v) is 8.20. The largest absolute Gasteiger partial charge is 0.493 e. The van der Waals surface area contributed by atoms with E-state index < -0.39 is 0 Å². The summed E-state index contributed by atoms with van der Waals surface area (Å²) in [5, 5.41) is 10.7. The van der Waals surface area contributed by atoms with E-state index >= 15 is 0 Å². The molecule has 2 rings (SSSR count). The lowest BCUT2D eigenvalue weighted by atomic mass is 10.2. The molecule has 0 saturated carbocycles. The summed E-state index contributed by atoms with van der Waals surface area (Å²) in [6.07, 6.45) is 1.77. The molecule has 0 spiro atoms. The second kappa shape index (κ2) is 8.58. The first-order valence-electron chi connectivity index (χ1n) is 7.40. The second-order valence-corrected chi connectivity index (χ2v) is 5.88. The number of benzene rings is 1. The highest BCUT2D eigenvalue weighted by Gasteiger charge is 2.10. The normalized spacial score (nSPS) is 11.3. The maximum absolute atomic E-state index is 5.35. The summed E-state index contributed by atoms with van der Waals surface area (Å²) < 4.78 is 13.4. The quantitative estimate of drug-likeness (QED) is 0.578. The monoisotopic (exact) mass is 395 g/mol. The van der Waals surface area contributed by atoms with Crippen LogP contribution in [0, 0.1) is 0 Å². The zero-order valence-corrected chi connectivity index (χ0v) is 15.8. The van der Waals surface area contributed by atoms with Crippen LogP contribution in [0.2, 0.25) is 0 Å². The summed E-state index contributed by atoms with van der Waals surface area (Å²) in [7, 11) is 6.89. The molecule has 0 amide bonds. The van der Waals surface area contributed by atoms with E-state index in [-0.39, 0.29) is 0 Å². The van der Waals surface area contributed by atoms with Crippen LogP contribution in [0.4, 0.5) is 0 Å². The van der Waals surface area contributed by atoms with Gasteiger partial charge in [0.15, 0.2) is 17.5 Å². The Labute approximate surface area is 150 Å². The average Bonchev–Trinajstić information content (AvgIpc) is 3.00. The van der Waals surface area contributed by atoms with Crippen LogP contribution in [0.25, 0.3) is 0 Å². The lowest BCUT2D eigenvalue weighted by molar-refractivity contribution is 0.354. The van der Waals surface area contributed by atoms with Crippen molar-refractivity contribution in [3.05, 3.63) is 40.1 Å².